The predicted octanol–water partition coefficient (Wildman–Crippen LogP) is 3.31. The molecule has 0 unspecified atom stereocenters. The Kier molecular flexibility index (Phi) is 3.74. The van der Waals surface area contributed by atoms with E-state index < -0.39 is 5.41 Å². The van der Waals surface area contributed by atoms with E-state index in [0.717, 1.165) is 11.1 Å². The SMILES string of the molecule is CC(C)(C(=O)Cc1cccnc1)c1ccc(F)cc1. The standard InChI is InChI=1S/C16H16FNO/c1-16(2,13-5-7-14(17)8-6-13)15(19)10-12-4-3-9-18-11-12/h3-9,11H,10H2,1-2H3. The number of Topliss-reactive ketones (excluding diaryl/α,β-unsaturated/α-hetero) is 1. The van der Waals surface area contributed by atoms with Crippen LogP contribution < -0.4 is 0 Å². The molecular formula is C16H16FNO. The zero-order valence-corrected chi connectivity index (χ0v) is 11.1. The van der Waals surface area contributed by atoms with Crippen molar-refractivity contribution >= 4 is 5.78 Å². The fraction of sp³-hybridized carbons (Fsp3) is 0.250. The van der Waals surface area contributed by atoms with E-state index >= 15 is 0 Å². The van der Waals surface area contributed by atoms with Gasteiger partial charge in [0, 0.05) is 24.2 Å². The quantitative estimate of drug-likeness (QED) is 0.841. The number of carbonyl (C=O) groups excluding carboxylic acids is 1. The first-order chi connectivity index (χ1) is 9.00. The van der Waals surface area contributed by atoms with Gasteiger partial charge in [0.25, 0.3) is 0 Å². The van der Waals surface area contributed by atoms with Gasteiger partial charge in [-0.25, -0.2) is 4.39 Å². The van der Waals surface area contributed by atoms with E-state index in [-0.39, 0.29) is 11.6 Å². The molecule has 0 spiro atoms. The second-order valence-electron chi connectivity index (χ2n) is 5.09. The number of nitrogens with zero attached hydrogens (tertiary/aromatic N) is 1. The second kappa shape index (κ2) is 5.31. The number of rotatable bonds is 4. The molecule has 0 N–H and O–H groups in total. The lowest BCUT2D eigenvalue weighted by Crippen LogP contribution is -2.30. The Hall–Kier alpha value is -2.03. The highest BCUT2D eigenvalue weighted by Crippen LogP contribution is 2.26. The highest BCUT2D eigenvalue weighted by atomic mass is 19.1. The lowest BCUT2D eigenvalue weighted by molar-refractivity contribution is -0.122. The summed E-state index contributed by atoms with van der Waals surface area (Å²) < 4.78 is 12.9. The van der Waals surface area contributed by atoms with Gasteiger partial charge >= 0.3 is 0 Å². The molecule has 19 heavy (non-hydrogen) atoms. The Morgan fingerprint density at radius 3 is 2.47 bits per heavy atom. The Bertz CT molecular complexity index is 561. The molecule has 0 fully saturated rings. The number of ketones is 1. The molecule has 98 valence electrons. The highest BCUT2D eigenvalue weighted by Gasteiger charge is 2.29. The minimum Gasteiger partial charge on any atom is -0.298 e. The van der Waals surface area contributed by atoms with Gasteiger partial charge in [-0.2, -0.15) is 0 Å². The summed E-state index contributed by atoms with van der Waals surface area (Å²) in [6.07, 6.45) is 3.70. The zero-order valence-electron chi connectivity index (χ0n) is 11.1. The Morgan fingerprint density at radius 2 is 1.89 bits per heavy atom. The normalized spacial score (nSPS) is 11.3. The van der Waals surface area contributed by atoms with E-state index in [1.807, 2.05) is 26.0 Å². The lowest BCUT2D eigenvalue weighted by Gasteiger charge is -2.23. The van der Waals surface area contributed by atoms with Crippen LogP contribution in [-0.4, -0.2) is 10.8 Å². The van der Waals surface area contributed by atoms with Crippen LogP contribution in [0.4, 0.5) is 4.39 Å². The van der Waals surface area contributed by atoms with E-state index in [1.165, 1.54) is 12.1 Å². The van der Waals surface area contributed by atoms with Crippen molar-refractivity contribution in [2.75, 3.05) is 0 Å². The average molecular weight is 257 g/mol. The maximum atomic E-state index is 12.9. The van der Waals surface area contributed by atoms with Gasteiger partial charge in [-0.1, -0.05) is 18.2 Å². The van der Waals surface area contributed by atoms with Gasteiger partial charge in [0.2, 0.25) is 0 Å². The highest BCUT2D eigenvalue weighted by molar-refractivity contribution is 5.90. The summed E-state index contributed by atoms with van der Waals surface area (Å²) in [5, 5.41) is 0. The maximum absolute atomic E-state index is 12.9. The van der Waals surface area contributed by atoms with Crippen LogP contribution in [0.5, 0.6) is 0 Å². The molecule has 0 saturated carbocycles. The number of carbonyl (C=O) groups is 1. The van der Waals surface area contributed by atoms with E-state index in [1.54, 1.807) is 24.5 Å². The van der Waals surface area contributed by atoms with Crippen LogP contribution >= 0.6 is 0 Å². The zero-order chi connectivity index (χ0) is 13.9. The molecule has 3 heteroatoms. The van der Waals surface area contributed by atoms with Gasteiger partial charge in [-0.05, 0) is 43.2 Å². The monoisotopic (exact) mass is 257 g/mol. The summed E-state index contributed by atoms with van der Waals surface area (Å²) in [6.45, 7) is 3.72. The van der Waals surface area contributed by atoms with Crippen molar-refractivity contribution in [3.63, 3.8) is 0 Å². The summed E-state index contributed by atoms with van der Waals surface area (Å²) in [5.74, 6) is -0.202. The van der Waals surface area contributed by atoms with Crippen LogP contribution in [0.1, 0.15) is 25.0 Å². The molecule has 0 aliphatic heterocycles. The summed E-state index contributed by atoms with van der Waals surface area (Å²) in [7, 11) is 0. The van der Waals surface area contributed by atoms with Crippen LogP contribution in [0, 0.1) is 5.82 Å². The molecule has 1 aromatic heterocycles. The molecule has 2 nitrogen and oxygen atoms in total. The molecule has 0 aliphatic rings. The Balaban J connectivity index is 2.19. The molecule has 2 rings (SSSR count). The summed E-state index contributed by atoms with van der Waals surface area (Å²) in [4.78, 5) is 16.4. The van der Waals surface area contributed by atoms with Crippen LogP contribution in [0.15, 0.2) is 48.8 Å². The van der Waals surface area contributed by atoms with Crippen molar-refractivity contribution in [2.24, 2.45) is 0 Å². The molecule has 0 saturated heterocycles. The Labute approximate surface area is 112 Å². The first-order valence-corrected chi connectivity index (χ1v) is 6.18. The number of halogens is 1. The molecule has 0 aliphatic carbocycles. The van der Waals surface area contributed by atoms with Gasteiger partial charge in [0.15, 0.2) is 0 Å². The number of hydrogen-bond donors (Lipinski definition) is 0. The molecular weight excluding hydrogens is 241 g/mol. The van der Waals surface area contributed by atoms with E-state index in [9.17, 15) is 9.18 Å². The van der Waals surface area contributed by atoms with Crippen molar-refractivity contribution in [2.45, 2.75) is 25.7 Å². The summed E-state index contributed by atoms with van der Waals surface area (Å²) in [5.41, 5.74) is 1.08. The minimum absolute atomic E-state index is 0.0899. The Morgan fingerprint density at radius 1 is 1.21 bits per heavy atom. The van der Waals surface area contributed by atoms with Crippen LogP contribution in [0.3, 0.4) is 0 Å². The van der Waals surface area contributed by atoms with Gasteiger partial charge in [0.05, 0.1) is 0 Å². The van der Waals surface area contributed by atoms with Crippen molar-refractivity contribution in [3.8, 4) is 0 Å². The van der Waals surface area contributed by atoms with Gasteiger partial charge in [-0.3, -0.25) is 9.78 Å². The van der Waals surface area contributed by atoms with Gasteiger partial charge in [0.1, 0.15) is 11.6 Å². The minimum atomic E-state index is -0.635. The van der Waals surface area contributed by atoms with Gasteiger partial charge < -0.3 is 0 Å². The molecule has 0 amide bonds. The smallest absolute Gasteiger partial charge is 0.147 e. The van der Waals surface area contributed by atoms with E-state index in [2.05, 4.69) is 4.98 Å². The number of aromatic nitrogens is 1. The van der Waals surface area contributed by atoms with Gasteiger partial charge in [-0.15, -0.1) is 0 Å². The third-order valence-corrected chi connectivity index (χ3v) is 3.35. The first-order valence-electron chi connectivity index (χ1n) is 6.18. The fourth-order valence-corrected chi connectivity index (χ4v) is 1.94. The molecule has 1 heterocycles. The fourth-order valence-electron chi connectivity index (χ4n) is 1.94. The first kappa shape index (κ1) is 13.4. The van der Waals surface area contributed by atoms with Crippen molar-refractivity contribution < 1.29 is 9.18 Å². The molecule has 0 atom stereocenters. The average Bonchev–Trinajstić information content (AvgIpc) is 2.40. The number of benzene rings is 1. The second-order valence-corrected chi connectivity index (χ2v) is 5.09. The van der Waals surface area contributed by atoms with Crippen LogP contribution in [-0.2, 0) is 16.6 Å². The molecule has 0 radical (unpaired) electrons. The predicted molar refractivity (Wildman–Crippen MR) is 72.4 cm³/mol. The van der Waals surface area contributed by atoms with Crippen molar-refractivity contribution in [1.82, 2.24) is 4.98 Å². The van der Waals surface area contributed by atoms with Crippen molar-refractivity contribution in [3.05, 3.63) is 65.7 Å². The number of hydrogen-bond acceptors (Lipinski definition) is 2. The molecule has 2 aromatic rings. The van der Waals surface area contributed by atoms with Crippen LogP contribution in [0.2, 0.25) is 0 Å². The topological polar surface area (TPSA) is 30.0 Å². The summed E-state index contributed by atoms with van der Waals surface area (Å²) in [6, 6.07) is 9.79. The third-order valence-electron chi connectivity index (χ3n) is 3.35. The van der Waals surface area contributed by atoms with E-state index in [0.29, 0.717) is 6.42 Å². The molecule has 0 bridgehead atoms. The summed E-state index contributed by atoms with van der Waals surface area (Å²) >= 11 is 0. The third kappa shape index (κ3) is 3.05. The van der Waals surface area contributed by atoms with Crippen LogP contribution in [0.25, 0.3) is 0 Å². The number of pyridine rings is 1. The lowest BCUT2D eigenvalue weighted by atomic mass is 9.78. The van der Waals surface area contributed by atoms with E-state index in [4.69, 9.17) is 0 Å². The maximum Gasteiger partial charge on any atom is 0.147 e. The largest absolute Gasteiger partial charge is 0.298 e. The molecule has 1 aromatic carbocycles. The van der Waals surface area contributed by atoms with Crippen molar-refractivity contribution in [1.29, 1.82) is 0 Å².